The fraction of sp³-hybridized carbons (Fsp3) is 0.647. The van der Waals surface area contributed by atoms with Crippen LogP contribution in [-0.2, 0) is 9.59 Å². The molecule has 0 aliphatic carbocycles. The van der Waals surface area contributed by atoms with E-state index in [4.69, 9.17) is 5.73 Å². The van der Waals surface area contributed by atoms with Crippen molar-refractivity contribution in [3.63, 3.8) is 0 Å². The molecule has 0 bridgehead atoms. The van der Waals surface area contributed by atoms with E-state index in [2.05, 4.69) is 20.2 Å². The highest BCUT2D eigenvalue weighted by molar-refractivity contribution is 5.82. The largest absolute Gasteiger partial charge is 0.354 e. The fourth-order valence-corrected chi connectivity index (χ4v) is 2.81. The van der Waals surface area contributed by atoms with Gasteiger partial charge in [0.25, 0.3) is 0 Å². The number of hydrogen-bond acceptors (Lipinski definition) is 6. The Bertz CT molecular complexity index is 558. The standard InChI is InChI=1S/C17H28N6O2/c1-13(2)12-14(18)16(25)19-7-4-15(24)22-8-10-23(11-9-22)17-20-5-3-6-21-17/h3,5-6,13-14H,4,7-12,18H2,1-2H3,(H,19,25)/t14-/m0/s1. The van der Waals surface area contributed by atoms with Crippen molar-refractivity contribution in [1.82, 2.24) is 20.2 Å². The van der Waals surface area contributed by atoms with Gasteiger partial charge in [0.2, 0.25) is 17.8 Å². The Kier molecular flexibility index (Phi) is 7.12. The average molecular weight is 348 g/mol. The summed E-state index contributed by atoms with van der Waals surface area (Å²) in [6.07, 6.45) is 4.37. The second kappa shape index (κ2) is 9.31. The molecule has 1 fully saturated rings. The topological polar surface area (TPSA) is 104 Å². The van der Waals surface area contributed by atoms with Gasteiger partial charge >= 0.3 is 0 Å². The van der Waals surface area contributed by atoms with Gasteiger partial charge in [-0.05, 0) is 18.4 Å². The second-order valence-corrected chi connectivity index (χ2v) is 6.69. The van der Waals surface area contributed by atoms with Crippen LogP contribution < -0.4 is 16.0 Å². The van der Waals surface area contributed by atoms with Crippen molar-refractivity contribution in [2.45, 2.75) is 32.7 Å². The Morgan fingerprint density at radius 2 is 1.84 bits per heavy atom. The van der Waals surface area contributed by atoms with Gasteiger partial charge in [-0.1, -0.05) is 13.8 Å². The first kappa shape index (κ1) is 19.1. The summed E-state index contributed by atoms with van der Waals surface area (Å²) >= 11 is 0. The van der Waals surface area contributed by atoms with Crippen LogP contribution in [0.15, 0.2) is 18.5 Å². The van der Waals surface area contributed by atoms with Gasteiger partial charge in [0.15, 0.2) is 0 Å². The molecule has 2 amide bonds. The summed E-state index contributed by atoms with van der Waals surface area (Å²) in [6, 6.07) is 1.27. The van der Waals surface area contributed by atoms with Gasteiger partial charge < -0.3 is 20.9 Å². The molecule has 0 unspecified atom stereocenters. The van der Waals surface area contributed by atoms with E-state index in [1.54, 1.807) is 18.5 Å². The van der Waals surface area contributed by atoms with E-state index >= 15 is 0 Å². The van der Waals surface area contributed by atoms with E-state index in [0.717, 1.165) is 0 Å². The zero-order chi connectivity index (χ0) is 18.2. The summed E-state index contributed by atoms with van der Waals surface area (Å²) in [6.45, 7) is 7.07. The summed E-state index contributed by atoms with van der Waals surface area (Å²) in [5.74, 6) is 0.923. The second-order valence-electron chi connectivity index (χ2n) is 6.69. The lowest BCUT2D eigenvalue weighted by molar-refractivity contribution is -0.131. The van der Waals surface area contributed by atoms with Crippen LogP contribution in [0.5, 0.6) is 0 Å². The lowest BCUT2D eigenvalue weighted by Gasteiger charge is -2.34. The average Bonchev–Trinajstić information content (AvgIpc) is 2.61. The maximum atomic E-state index is 12.3. The predicted octanol–water partition coefficient (Wildman–Crippen LogP) is 0.00490. The Hall–Kier alpha value is -2.22. The van der Waals surface area contributed by atoms with Gasteiger partial charge in [0.05, 0.1) is 6.04 Å². The maximum absolute atomic E-state index is 12.3. The molecule has 1 aliphatic rings. The number of carbonyl (C=O) groups is 2. The molecule has 1 aliphatic heterocycles. The number of amides is 2. The van der Waals surface area contributed by atoms with E-state index in [1.165, 1.54) is 0 Å². The van der Waals surface area contributed by atoms with Crippen molar-refractivity contribution in [1.29, 1.82) is 0 Å². The molecule has 0 saturated carbocycles. The van der Waals surface area contributed by atoms with Gasteiger partial charge in [-0.3, -0.25) is 9.59 Å². The molecule has 1 saturated heterocycles. The zero-order valence-corrected chi connectivity index (χ0v) is 15.0. The quantitative estimate of drug-likeness (QED) is 0.719. The number of piperazine rings is 1. The van der Waals surface area contributed by atoms with Crippen LogP contribution in [0.3, 0.4) is 0 Å². The minimum absolute atomic E-state index is 0.0476. The van der Waals surface area contributed by atoms with Gasteiger partial charge in [0, 0.05) is 51.5 Å². The summed E-state index contributed by atoms with van der Waals surface area (Å²) in [5.41, 5.74) is 5.82. The minimum atomic E-state index is -0.510. The molecular weight excluding hydrogens is 320 g/mol. The summed E-state index contributed by atoms with van der Waals surface area (Å²) in [5, 5.41) is 2.75. The Morgan fingerprint density at radius 3 is 2.44 bits per heavy atom. The number of nitrogens with one attached hydrogen (secondary N) is 1. The summed E-state index contributed by atoms with van der Waals surface area (Å²) in [4.78, 5) is 36.5. The number of carbonyl (C=O) groups excluding carboxylic acids is 2. The van der Waals surface area contributed by atoms with Crippen LogP contribution >= 0.6 is 0 Å². The molecule has 8 heteroatoms. The Morgan fingerprint density at radius 1 is 1.20 bits per heavy atom. The highest BCUT2D eigenvalue weighted by Crippen LogP contribution is 2.10. The molecule has 0 radical (unpaired) electrons. The molecule has 1 aromatic heterocycles. The predicted molar refractivity (Wildman–Crippen MR) is 95.9 cm³/mol. The number of rotatable bonds is 7. The Balaban J connectivity index is 1.68. The van der Waals surface area contributed by atoms with E-state index < -0.39 is 6.04 Å². The first-order valence-electron chi connectivity index (χ1n) is 8.80. The third-order valence-corrected chi connectivity index (χ3v) is 4.17. The summed E-state index contributed by atoms with van der Waals surface area (Å²) in [7, 11) is 0. The van der Waals surface area contributed by atoms with E-state index in [0.29, 0.717) is 57.4 Å². The smallest absolute Gasteiger partial charge is 0.236 e. The maximum Gasteiger partial charge on any atom is 0.236 e. The van der Waals surface area contributed by atoms with Gasteiger partial charge in [-0.25, -0.2) is 9.97 Å². The van der Waals surface area contributed by atoms with Gasteiger partial charge in [-0.2, -0.15) is 0 Å². The Labute approximate surface area is 148 Å². The van der Waals surface area contributed by atoms with Crippen LogP contribution in [-0.4, -0.2) is 65.4 Å². The molecule has 138 valence electrons. The molecule has 1 atom stereocenters. The first-order valence-corrected chi connectivity index (χ1v) is 8.80. The van der Waals surface area contributed by atoms with Gasteiger partial charge in [-0.15, -0.1) is 0 Å². The SMILES string of the molecule is CC(C)C[C@H](N)C(=O)NCCC(=O)N1CCN(c2ncccn2)CC1. The van der Waals surface area contributed by atoms with Crippen molar-refractivity contribution in [3.05, 3.63) is 18.5 Å². The van der Waals surface area contributed by atoms with E-state index in [9.17, 15) is 9.59 Å². The lowest BCUT2D eigenvalue weighted by Crippen LogP contribution is -2.50. The normalized spacial score (nSPS) is 16.0. The molecule has 1 aromatic rings. The molecular formula is C17H28N6O2. The van der Waals surface area contributed by atoms with Crippen molar-refractivity contribution in [3.8, 4) is 0 Å². The lowest BCUT2D eigenvalue weighted by atomic mass is 10.0. The molecule has 2 rings (SSSR count). The number of aromatic nitrogens is 2. The van der Waals surface area contributed by atoms with Crippen molar-refractivity contribution < 1.29 is 9.59 Å². The molecule has 8 nitrogen and oxygen atoms in total. The van der Waals surface area contributed by atoms with Gasteiger partial charge in [0.1, 0.15) is 0 Å². The van der Waals surface area contributed by atoms with E-state index in [-0.39, 0.29) is 11.8 Å². The molecule has 0 aromatic carbocycles. The summed E-state index contributed by atoms with van der Waals surface area (Å²) < 4.78 is 0. The molecule has 3 N–H and O–H groups in total. The zero-order valence-electron chi connectivity index (χ0n) is 15.0. The van der Waals surface area contributed by atoms with Crippen molar-refractivity contribution in [2.24, 2.45) is 11.7 Å². The van der Waals surface area contributed by atoms with Crippen molar-refractivity contribution >= 4 is 17.8 Å². The fourth-order valence-electron chi connectivity index (χ4n) is 2.81. The minimum Gasteiger partial charge on any atom is -0.354 e. The number of nitrogens with zero attached hydrogens (tertiary/aromatic N) is 4. The number of anilines is 1. The van der Waals surface area contributed by atoms with Crippen LogP contribution in [0.25, 0.3) is 0 Å². The molecule has 2 heterocycles. The van der Waals surface area contributed by atoms with Crippen molar-refractivity contribution in [2.75, 3.05) is 37.6 Å². The number of hydrogen-bond donors (Lipinski definition) is 2. The third-order valence-electron chi connectivity index (χ3n) is 4.17. The number of nitrogens with two attached hydrogens (primary N) is 1. The monoisotopic (exact) mass is 348 g/mol. The molecule has 25 heavy (non-hydrogen) atoms. The van der Waals surface area contributed by atoms with E-state index in [1.807, 2.05) is 18.7 Å². The third kappa shape index (κ3) is 5.97. The highest BCUT2D eigenvalue weighted by Gasteiger charge is 2.22. The van der Waals surface area contributed by atoms with Crippen LogP contribution in [0.2, 0.25) is 0 Å². The van der Waals surface area contributed by atoms with Crippen LogP contribution in [0.1, 0.15) is 26.7 Å². The van der Waals surface area contributed by atoms with Crippen LogP contribution in [0, 0.1) is 5.92 Å². The van der Waals surface area contributed by atoms with Crippen LogP contribution in [0.4, 0.5) is 5.95 Å². The first-order chi connectivity index (χ1) is 12.0. The molecule has 0 spiro atoms. The highest BCUT2D eigenvalue weighted by atomic mass is 16.2.